The number of amides is 1. The summed E-state index contributed by atoms with van der Waals surface area (Å²) in [5.74, 6) is -1.15. The van der Waals surface area contributed by atoms with Gasteiger partial charge >= 0.3 is 0 Å². The second kappa shape index (κ2) is 7.53. The first-order valence-electron chi connectivity index (χ1n) is 8.73. The van der Waals surface area contributed by atoms with Crippen molar-refractivity contribution in [1.29, 1.82) is 0 Å². The van der Waals surface area contributed by atoms with E-state index in [1.54, 1.807) is 12.1 Å². The van der Waals surface area contributed by atoms with E-state index >= 15 is 0 Å². The highest BCUT2D eigenvalue weighted by atomic mass is 32.2. The first kappa shape index (κ1) is 18.9. The Labute approximate surface area is 165 Å². The molecule has 0 bridgehead atoms. The summed E-state index contributed by atoms with van der Waals surface area (Å²) in [4.78, 5) is 12.7. The molecule has 0 saturated carbocycles. The first-order chi connectivity index (χ1) is 13.4. The van der Waals surface area contributed by atoms with Crippen LogP contribution < -0.4 is 5.32 Å². The molecule has 4 rings (SSSR count). The number of aromatic nitrogens is 2. The second-order valence-electron chi connectivity index (χ2n) is 6.59. The lowest BCUT2D eigenvalue weighted by molar-refractivity contribution is -0.120. The van der Waals surface area contributed by atoms with Gasteiger partial charge in [-0.3, -0.25) is 4.79 Å². The normalized spacial score (nSPS) is 18.2. The van der Waals surface area contributed by atoms with E-state index in [-0.39, 0.29) is 17.3 Å². The van der Waals surface area contributed by atoms with Crippen molar-refractivity contribution in [3.05, 3.63) is 48.3 Å². The molecular formula is C18H17FN4O3S2. The Bertz CT molecular complexity index is 1120. The van der Waals surface area contributed by atoms with Crippen LogP contribution in [-0.4, -0.2) is 40.5 Å². The summed E-state index contributed by atoms with van der Waals surface area (Å²) >= 11 is 0.964. The predicted octanol–water partition coefficient (Wildman–Crippen LogP) is 2.87. The number of carbonyl (C=O) groups excluding carboxylic acids is 1. The van der Waals surface area contributed by atoms with Crippen LogP contribution in [0.25, 0.3) is 11.0 Å². The van der Waals surface area contributed by atoms with Crippen LogP contribution in [0.3, 0.4) is 0 Å². The Morgan fingerprint density at radius 1 is 1.18 bits per heavy atom. The number of nitrogens with zero attached hydrogens (tertiary/aromatic N) is 3. The summed E-state index contributed by atoms with van der Waals surface area (Å²) in [6, 6.07) is 10.3. The summed E-state index contributed by atoms with van der Waals surface area (Å²) in [7, 11) is -3.80. The van der Waals surface area contributed by atoms with Gasteiger partial charge in [-0.05, 0) is 49.2 Å². The van der Waals surface area contributed by atoms with Crippen LogP contribution >= 0.6 is 11.7 Å². The van der Waals surface area contributed by atoms with Crippen molar-refractivity contribution in [2.75, 3.05) is 18.4 Å². The molecule has 1 saturated heterocycles. The van der Waals surface area contributed by atoms with Gasteiger partial charge in [0, 0.05) is 18.8 Å². The minimum absolute atomic E-state index is 0.0866. The summed E-state index contributed by atoms with van der Waals surface area (Å²) in [6.45, 7) is 0.430. The van der Waals surface area contributed by atoms with E-state index in [4.69, 9.17) is 0 Å². The maximum Gasteiger partial charge on any atom is 0.245 e. The molecular weight excluding hydrogens is 403 g/mol. The summed E-state index contributed by atoms with van der Waals surface area (Å²) < 4.78 is 48.9. The fourth-order valence-electron chi connectivity index (χ4n) is 3.28. The van der Waals surface area contributed by atoms with Gasteiger partial charge < -0.3 is 5.32 Å². The van der Waals surface area contributed by atoms with Crippen LogP contribution in [-0.2, 0) is 14.8 Å². The molecule has 1 amide bonds. The number of rotatable bonds is 4. The topological polar surface area (TPSA) is 92.3 Å². The fraction of sp³-hybridized carbons (Fsp3) is 0.278. The predicted molar refractivity (Wildman–Crippen MR) is 104 cm³/mol. The SMILES string of the molecule is O=C(Nc1ccc(F)cc1)[C@@H]1CCCN(S(=O)(=O)c2cccc3nsnc23)C1. The van der Waals surface area contributed by atoms with Crippen LogP contribution in [0.15, 0.2) is 47.4 Å². The number of carbonyl (C=O) groups is 1. The molecule has 1 atom stereocenters. The minimum Gasteiger partial charge on any atom is -0.326 e. The van der Waals surface area contributed by atoms with E-state index in [2.05, 4.69) is 14.1 Å². The Morgan fingerprint density at radius 3 is 2.75 bits per heavy atom. The van der Waals surface area contributed by atoms with Gasteiger partial charge in [-0.2, -0.15) is 13.1 Å². The van der Waals surface area contributed by atoms with Crippen molar-refractivity contribution in [2.24, 2.45) is 5.92 Å². The molecule has 1 fully saturated rings. The van der Waals surface area contributed by atoms with Gasteiger partial charge in [0.1, 0.15) is 21.7 Å². The molecule has 0 unspecified atom stereocenters. The van der Waals surface area contributed by atoms with Gasteiger partial charge in [-0.1, -0.05) is 6.07 Å². The molecule has 28 heavy (non-hydrogen) atoms. The smallest absolute Gasteiger partial charge is 0.245 e. The van der Waals surface area contributed by atoms with Gasteiger partial charge in [0.05, 0.1) is 17.6 Å². The first-order valence-corrected chi connectivity index (χ1v) is 10.9. The number of hydrogen-bond donors (Lipinski definition) is 1. The van der Waals surface area contributed by atoms with Gasteiger partial charge in [0.2, 0.25) is 15.9 Å². The van der Waals surface area contributed by atoms with E-state index in [1.165, 1.54) is 34.6 Å². The number of sulfonamides is 1. The molecule has 146 valence electrons. The van der Waals surface area contributed by atoms with Crippen molar-refractivity contribution >= 4 is 44.4 Å². The average molecular weight is 420 g/mol. The van der Waals surface area contributed by atoms with Gasteiger partial charge in [-0.25, -0.2) is 12.8 Å². The minimum atomic E-state index is -3.80. The molecule has 1 aromatic heterocycles. The van der Waals surface area contributed by atoms with Gasteiger partial charge in [-0.15, -0.1) is 0 Å². The highest BCUT2D eigenvalue weighted by Gasteiger charge is 2.34. The number of fused-ring (bicyclic) bond motifs is 1. The van der Waals surface area contributed by atoms with Crippen LogP contribution in [0.2, 0.25) is 0 Å². The maximum atomic E-state index is 13.2. The maximum absolute atomic E-state index is 13.2. The van der Waals surface area contributed by atoms with E-state index in [9.17, 15) is 17.6 Å². The second-order valence-corrected chi connectivity index (χ2v) is 9.02. The molecule has 0 spiro atoms. The number of piperidine rings is 1. The molecule has 2 heterocycles. The molecule has 1 aliphatic rings. The molecule has 7 nitrogen and oxygen atoms in total. The number of nitrogens with one attached hydrogen (secondary N) is 1. The third-order valence-electron chi connectivity index (χ3n) is 4.73. The van der Waals surface area contributed by atoms with Crippen molar-refractivity contribution < 1.29 is 17.6 Å². The van der Waals surface area contributed by atoms with Gasteiger partial charge in [0.25, 0.3) is 0 Å². The lowest BCUT2D eigenvalue weighted by Gasteiger charge is -2.31. The monoisotopic (exact) mass is 420 g/mol. The third kappa shape index (κ3) is 3.62. The summed E-state index contributed by atoms with van der Waals surface area (Å²) in [6.07, 6.45) is 1.16. The molecule has 1 N–H and O–H groups in total. The largest absolute Gasteiger partial charge is 0.326 e. The Morgan fingerprint density at radius 2 is 1.96 bits per heavy atom. The third-order valence-corrected chi connectivity index (χ3v) is 7.17. The zero-order valence-corrected chi connectivity index (χ0v) is 16.3. The highest BCUT2D eigenvalue weighted by Crippen LogP contribution is 2.28. The molecule has 10 heteroatoms. The molecule has 2 aromatic carbocycles. The highest BCUT2D eigenvalue weighted by molar-refractivity contribution is 7.89. The lowest BCUT2D eigenvalue weighted by Crippen LogP contribution is -2.43. The molecule has 1 aliphatic heterocycles. The zero-order valence-electron chi connectivity index (χ0n) is 14.7. The molecule has 3 aromatic rings. The van der Waals surface area contributed by atoms with E-state index in [0.717, 1.165) is 11.7 Å². The molecule has 0 radical (unpaired) electrons. The number of benzene rings is 2. The number of halogens is 1. The zero-order chi connectivity index (χ0) is 19.7. The number of anilines is 1. The fourth-order valence-corrected chi connectivity index (χ4v) is 5.56. The van der Waals surface area contributed by atoms with Crippen molar-refractivity contribution in [3.63, 3.8) is 0 Å². The summed E-state index contributed by atoms with van der Waals surface area (Å²) in [5.41, 5.74) is 1.36. The van der Waals surface area contributed by atoms with Gasteiger partial charge in [0.15, 0.2) is 0 Å². The van der Waals surface area contributed by atoms with Crippen LogP contribution in [0.4, 0.5) is 10.1 Å². The van der Waals surface area contributed by atoms with E-state index < -0.39 is 21.8 Å². The van der Waals surface area contributed by atoms with Crippen LogP contribution in [0.1, 0.15) is 12.8 Å². The Kier molecular flexibility index (Phi) is 5.09. The van der Waals surface area contributed by atoms with Crippen LogP contribution in [0, 0.1) is 11.7 Å². The quantitative estimate of drug-likeness (QED) is 0.701. The average Bonchev–Trinajstić information content (AvgIpc) is 3.18. The Hall–Kier alpha value is -2.43. The van der Waals surface area contributed by atoms with E-state index in [0.29, 0.717) is 36.1 Å². The Balaban J connectivity index is 1.53. The van der Waals surface area contributed by atoms with Crippen molar-refractivity contribution in [3.8, 4) is 0 Å². The molecule has 0 aliphatic carbocycles. The van der Waals surface area contributed by atoms with E-state index in [1.807, 2.05) is 0 Å². The summed E-state index contributed by atoms with van der Waals surface area (Å²) in [5, 5.41) is 2.73. The number of hydrogen-bond acceptors (Lipinski definition) is 6. The van der Waals surface area contributed by atoms with Crippen molar-refractivity contribution in [1.82, 2.24) is 13.1 Å². The van der Waals surface area contributed by atoms with Crippen LogP contribution in [0.5, 0.6) is 0 Å². The van der Waals surface area contributed by atoms with Crippen molar-refractivity contribution in [2.45, 2.75) is 17.7 Å². The standard InChI is InChI=1S/C18H17FN4O3S2/c19-13-6-8-14(9-7-13)20-18(24)12-3-2-10-23(11-12)28(25,26)16-5-1-4-15-17(16)22-27-21-15/h1,4-9,12H,2-3,10-11H2,(H,20,24)/t12-/m1/s1. The lowest BCUT2D eigenvalue weighted by atomic mass is 9.99.